The second-order valence-corrected chi connectivity index (χ2v) is 7.39. The smallest absolute Gasteiger partial charge is 0.263 e. The normalized spacial score (nSPS) is 16.6. The minimum atomic E-state index is -0.526. The van der Waals surface area contributed by atoms with Crippen molar-refractivity contribution in [2.45, 2.75) is 39.0 Å². The van der Waals surface area contributed by atoms with Crippen LogP contribution in [0, 0.1) is 0 Å². The lowest BCUT2D eigenvalue weighted by molar-refractivity contribution is -0.128. The summed E-state index contributed by atoms with van der Waals surface area (Å²) in [4.78, 5) is 14.9. The topological polar surface area (TPSA) is 59.4 Å². The van der Waals surface area contributed by atoms with Crippen LogP contribution in [0.15, 0.2) is 67.0 Å². The van der Waals surface area contributed by atoms with Gasteiger partial charge in [0.15, 0.2) is 6.10 Å². The van der Waals surface area contributed by atoms with Crippen molar-refractivity contribution >= 4 is 11.6 Å². The van der Waals surface area contributed by atoms with E-state index in [0.717, 1.165) is 23.5 Å². The number of hydrogen-bond donors (Lipinski definition) is 1. The Labute approximate surface area is 171 Å². The van der Waals surface area contributed by atoms with Crippen LogP contribution in [-0.2, 0) is 11.3 Å². The van der Waals surface area contributed by atoms with Gasteiger partial charge in [-0.05, 0) is 49.2 Å². The molecular formula is C23H26N4O2. The molecule has 0 saturated heterocycles. The van der Waals surface area contributed by atoms with E-state index >= 15 is 0 Å². The van der Waals surface area contributed by atoms with Gasteiger partial charge in [-0.25, -0.2) is 4.68 Å². The number of aromatic nitrogens is 2. The number of nitrogens with one attached hydrogen (secondary N) is 1. The van der Waals surface area contributed by atoms with E-state index in [1.54, 1.807) is 6.20 Å². The average Bonchev–Trinajstić information content (AvgIpc) is 3.29. The van der Waals surface area contributed by atoms with E-state index < -0.39 is 6.10 Å². The van der Waals surface area contributed by atoms with E-state index in [1.165, 1.54) is 5.56 Å². The van der Waals surface area contributed by atoms with Crippen molar-refractivity contribution < 1.29 is 9.53 Å². The fraction of sp³-hybridized carbons (Fsp3) is 0.304. The number of hydrogen-bond acceptors (Lipinski definition) is 4. The van der Waals surface area contributed by atoms with Crippen molar-refractivity contribution in [3.05, 3.63) is 72.6 Å². The molecule has 0 aliphatic carbocycles. The molecule has 1 aliphatic heterocycles. The highest BCUT2D eigenvalue weighted by Gasteiger charge is 2.31. The van der Waals surface area contributed by atoms with Crippen molar-refractivity contribution in [3.8, 4) is 11.4 Å². The molecule has 1 aliphatic rings. The Kier molecular flexibility index (Phi) is 5.51. The number of amides is 1. The first-order valence-electron chi connectivity index (χ1n) is 10.0. The number of rotatable bonds is 6. The number of carbonyl (C=O) groups is 1. The van der Waals surface area contributed by atoms with E-state index in [-0.39, 0.29) is 11.9 Å². The first-order chi connectivity index (χ1) is 14.1. The van der Waals surface area contributed by atoms with Crippen LogP contribution in [0.2, 0.25) is 0 Å². The van der Waals surface area contributed by atoms with Crippen molar-refractivity contribution in [1.29, 1.82) is 0 Å². The molecule has 29 heavy (non-hydrogen) atoms. The zero-order valence-electron chi connectivity index (χ0n) is 16.8. The number of anilines is 1. The summed E-state index contributed by atoms with van der Waals surface area (Å²) in [6.07, 6.45) is 4.06. The molecule has 0 radical (unpaired) electrons. The van der Waals surface area contributed by atoms with Gasteiger partial charge in [0.25, 0.3) is 5.91 Å². The molecule has 0 saturated carbocycles. The fourth-order valence-electron chi connectivity index (χ4n) is 3.43. The zero-order chi connectivity index (χ0) is 20.2. The summed E-state index contributed by atoms with van der Waals surface area (Å²) >= 11 is 0. The number of para-hydroxylation sites is 2. The van der Waals surface area contributed by atoms with E-state index in [4.69, 9.17) is 4.74 Å². The summed E-state index contributed by atoms with van der Waals surface area (Å²) in [5.74, 6) is 0.684. The van der Waals surface area contributed by atoms with Crippen LogP contribution in [0.5, 0.6) is 5.75 Å². The molecule has 1 unspecified atom stereocenters. The van der Waals surface area contributed by atoms with Gasteiger partial charge in [0.2, 0.25) is 0 Å². The first kappa shape index (κ1) is 19.1. The van der Waals surface area contributed by atoms with Crippen LogP contribution >= 0.6 is 0 Å². The molecule has 2 heterocycles. The Hall–Kier alpha value is -3.28. The summed E-state index contributed by atoms with van der Waals surface area (Å²) < 4.78 is 7.85. The van der Waals surface area contributed by atoms with Gasteiger partial charge in [-0.2, -0.15) is 5.10 Å². The molecule has 1 aromatic heterocycles. The van der Waals surface area contributed by atoms with Gasteiger partial charge in [-0.1, -0.05) is 31.2 Å². The summed E-state index contributed by atoms with van der Waals surface area (Å²) in [6, 6.07) is 18.2. The predicted octanol–water partition coefficient (Wildman–Crippen LogP) is 3.55. The lowest BCUT2D eigenvalue weighted by atomic mass is 10.1. The molecule has 0 spiro atoms. The van der Waals surface area contributed by atoms with Gasteiger partial charge >= 0.3 is 0 Å². The molecule has 150 valence electrons. The molecule has 6 heteroatoms. The Balaban J connectivity index is 1.53. The van der Waals surface area contributed by atoms with Gasteiger partial charge in [-0.3, -0.25) is 4.79 Å². The molecule has 4 rings (SSSR count). The minimum Gasteiger partial charge on any atom is -0.477 e. The number of carbonyl (C=O) groups excluding carboxylic acids is 1. The molecule has 6 nitrogen and oxygen atoms in total. The Morgan fingerprint density at radius 1 is 1.21 bits per heavy atom. The fourth-order valence-corrected chi connectivity index (χ4v) is 3.43. The van der Waals surface area contributed by atoms with Crippen LogP contribution in [0.3, 0.4) is 0 Å². The average molecular weight is 390 g/mol. The maximum absolute atomic E-state index is 12.7. The van der Waals surface area contributed by atoms with Crippen LogP contribution < -0.4 is 15.0 Å². The molecule has 0 bridgehead atoms. The van der Waals surface area contributed by atoms with Crippen LogP contribution in [-0.4, -0.2) is 34.4 Å². The third-order valence-corrected chi connectivity index (χ3v) is 5.23. The van der Waals surface area contributed by atoms with Gasteiger partial charge < -0.3 is 15.0 Å². The molecule has 0 fully saturated rings. The summed E-state index contributed by atoms with van der Waals surface area (Å²) in [6.45, 7) is 5.28. The SMILES string of the molecule is CC[C@H](C)NC(=O)C1CN(Cc2ccc(-n3cccn3)cc2)c2ccccc2O1. The van der Waals surface area contributed by atoms with Gasteiger partial charge in [0.1, 0.15) is 5.75 Å². The van der Waals surface area contributed by atoms with E-state index in [2.05, 4.69) is 46.5 Å². The Morgan fingerprint density at radius 2 is 2.00 bits per heavy atom. The maximum Gasteiger partial charge on any atom is 0.263 e. The monoisotopic (exact) mass is 390 g/mol. The third-order valence-electron chi connectivity index (χ3n) is 5.23. The molecular weight excluding hydrogens is 364 g/mol. The molecule has 3 aromatic rings. The van der Waals surface area contributed by atoms with Gasteiger partial charge in [0.05, 0.1) is 17.9 Å². The Bertz CT molecular complexity index is 953. The maximum atomic E-state index is 12.7. The summed E-state index contributed by atoms with van der Waals surface area (Å²) in [5.41, 5.74) is 3.20. The van der Waals surface area contributed by atoms with Crippen molar-refractivity contribution in [2.24, 2.45) is 0 Å². The predicted molar refractivity (Wildman–Crippen MR) is 113 cm³/mol. The number of nitrogens with zero attached hydrogens (tertiary/aromatic N) is 3. The van der Waals surface area contributed by atoms with Crippen molar-refractivity contribution in [1.82, 2.24) is 15.1 Å². The lowest BCUT2D eigenvalue weighted by Gasteiger charge is -2.36. The first-order valence-corrected chi connectivity index (χ1v) is 10.0. The second-order valence-electron chi connectivity index (χ2n) is 7.39. The largest absolute Gasteiger partial charge is 0.477 e. The summed E-state index contributed by atoms with van der Waals surface area (Å²) in [7, 11) is 0. The van der Waals surface area contributed by atoms with E-state index in [9.17, 15) is 4.79 Å². The van der Waals surface area contributed by atoms with Gasteiger partial charge in [0, 0.05) is 25.0 Å². The molecule has 2 aromatic carbocycles. The number of fused-ring (bicyclic) bond motifs is 1. The summed E-state index contributed by atoms with van der Waals surface area (Å²) in [5, 5.41) is 7.30. The quantitative estimate of drug-likeness (QED) is 0.699. The number of benzene rings is 2. The highest BCUT2D eigenvalue weighted by Crippen LogP contribution is 2.34. The van der Waals surface area contributed by atoms with E-state index in [0.29, 0.717) is 13.1 Å². The van der Waals surface area contributed by atoms with E-state index in [1.807, 2.05) is 48.1 Å². The van der Waals surface area contributed by atoms with Crippen molar-refractivity contribution in [3.63, 3.8) is 0 Å². The van der Waals surface area contributed by atoms with Crippen molar-refractivity contribution in [2.75, 3.05) is 11.4 Å². The minimum absolute atomic E-state index is 0.0621. The van der Waals surface area contributed by atoms with Crippen LogP contribution in [0.4, 0.5) is 5.69 Å². The Morgan fingerprint density at radius 3 is 2.72 bits per heavy atom. The highest BCUT2D eigenvalue weighted by molar-refractivity contribution is 5.83. The van der Waals surface area contributed by atoms with Crippen LogP contribution in [0.25, 0.3) is 5.69 Å². The van der Waals surface area contributed by atoms with Crippen LogP contribution in [0.1, 0.15) is 25.8 Å². The molecule has 1 amide bonds. The number of ether oxygens (including phenoxy) is 1. The molecule has 2 atom stereocenters. The van der Waals surface area contributed by atoms with Gasteiger partial charge in [-0.15, -0.1) is 0 Å². The standard InChI is InChI=1S/C23H26N4O2/c1-3-17(2)25-23(28)22-16-26(20-7-4-5-8-21(20)29-22)15-18-9-11-19(12-10-18)27-14-6-13-24-27/h4-14,17,22H,3,15-16H2,1-2H3,(H,25,28)/t17-,22?/m0/s1. The zero-order valence-corrected chi connectivity index (χ0v) is 16.8. The lowest BCUT2D eigenvalue weighted by Crippen LogP contribution is -2.50. The third kappa shape index (κ3) is 4.26. The highest BCUT2D eigenvalue weighted by atomic mass is 16.5. The molecule has 1 N–H and O–H groups in total. The second kappa shape index (κ2) is 8.39.